The minimum Gasteiger partial charge on any atom is -0.481 e. The van der Waals surface area contributed by atoms with Crippen molar-refractivity contribution in [1.29, 1.82) is 0 Å². The smallest absolute Gasteiger partial charge is 0.407 e. The van der Waals surface area contributed by atoms with Gasteiger partial charge in [0.2, 0.25) is 5.91 Å². The highest BCUT2D eigenvalue weighted by molar-refractivity contribution is 5.86. The third-order valence-electron chi connectivity index (χ3n) is 7.66. The number of carboxylic acids is 1. The van der Waals surface area contributed by atoms with Crippen LogP contribution in [0.3, 0.4) is 0 Å². The van der Waals surface area contributed by atoms with E-state index in [4.69, 9.17) is 14.2 Å². The molecule has 1 fully saturated rings. The highest BCUT2D eigenvalue weighted by Crippen LogP contribution is 2.44. The number of carboxylic acid groups (broad SMARTS) is 1. The number of hydrogen-bond donors (Lipinski definition) is 3. The quantitative estimate of drug-likeness (QED) is 0.324. The summed E-state index contributed by atoms with van der Waals surface area (Å²) in [7, 11) is 0. The molecule has 0 bridgehead atoms. The first-order valence-corrected chi connectivity index (χ1v) is 13.8. The predicted octanol–water partition coefficient (Wildman–Crippen LogP) is 4.10. The van der Waals surface area contributed by atoms with Gasteiger partial charge in [0, 0.05) is 12.5 Å². The summed E-state index contributed by atoms with van der Waals surface area (Å²) in [6.07, 6.45) is -1.53. The van der Waals surface area contributed by atoms with E-state index in [-0.39, 0.29) is 32.3 Å². The summed E-state index contributed by atoms with van der Waals surface area (Å²) in [6.45, 7) is 2.30. The summed E-state index contributed by atoms with van der Waals surface area (Å²) in [5.41, 5.74) is 5.35. The van der Waals surface area contributed by atoms with Crippen LogP contribution in [0.5, 0.6) is 0 Å². The minimum absolute atomic E-state index is 0.105. The van der Waals surface area contributed by atoms with Crippen molar-refractivity contribution < 1.29 is 33.7 Å². The van der Waals surface area contributed by atoms with E-state index in [0.717, 1.165) is 27.8 Å². The normalized spacial score (nSPS) is 19.0. The summed E-state index contributed by atoms with van der Waals surface area (Å²) in [6, 6.07) is 24.6. The minimum atomic E-state index is -1.05. The second-order valence-corrected chi connectivity index (χ2v) is 10.4. The number of carbonyl (C=O) groups is 3. The van der Waals surface area contributed by atoms with Crippen LogP contribution < -0.4 is 10.6 Å². The molecule has 41 heavy (non-hydrogen) atoms. The Bertz CT molecular complexity index is 1330. The lowest BCUT2D eigenvalue weighted by molar-refractivity contribution is -0.141. The Labute approximate surface area is 238 Å². The van der Waals surface area contributed by atoms with E-state index in [2.05, 4.69) is 22.8 Å². The zero-order valence-corrected chi connectivity index (χ0v) is 22.8. The van der Waals surface area contributed by atoms with E-state index in [9.17, 15) is 19.5 Å². The molecule has 0 saturated carbocycles. The van der Waals surface area contributed by atoms with Crippen molar-refractivity contribution in [2.45, 2.75) is 44.1 Å². The molecule has 5 rings (SSSR count). The highest BCUT2D eigenvalue weighted by Gasteiger charge is 2.34. The Balaban J connectivity index is 1.22. The van der Waals surface area contributed by atoms with Gasteiger partial charge in [0.05, 0.1) is 31.3 Å². The van der Waals surface area contributed by atoms with Crippen LogP contribution >= 0.6 is 0 Å². The average Bonchev–Trinajstić information content (AvgIpc) is 3.60. The van der Waals surface area contributed by atoms with Crippen LogP contribution in [-0.4, -0.2) is 61.1 Å². The Hall–Kier alpha value is -4.21. The van der Waals surface area contributed by atoms with Crippen LogP contribution in [0.2, 0.25) is 0 Å². The zero-order chi connectivity index (χ0) is 28.8. The summed E-state index contributed by atoms with van der Waals surface area (Å²) < 4.78 is 17.2. The second kappa shape index (κ2) is 13.0. The van der Waals surface area contributed by atoms with Crippen LogP contribution in [-0.2, 0) is 30.4 Å². The number of carbonyl (C=O) groups excluding carboxylic acids is 2. The number of aliphatic carboxylic acids is 1. The van der Waals surface area contributed by atoms with E-state index in [0.29, 0.717) is 6.42 Å². The Morgan fingerprint density at radius 3 is 2.22 bits per heavy atom. The maximum absolute atomic E-state index is 13.3. The first-order valence-electron chi connectivity index (χ1n) is 13.8. The molecule has 1 saturated heterocycles. The third-order valence-corrected chi connectivity index (χ3v) is 7.66. The van der Waals surface area contributed by atoms with Gasteiger partial charge < -0.3 is 30.0 Å². The fourth-order valence-electron chi connectivity index (χ4n) is 5.41. The highest BCUT2D eigenvalue weighted by atomic mass is 16.5. The molecular weight excluding hydrogens is 524 g/mol. The van der Waals surface area contributed by atoms with E-state index >= 15 is 0 Å². The van der Waals surface area contributed by atoms with Gasteiger partial charge in [0.15, 0.2) is 0 Å². The number of rotatable bonds is 11. The summed E-state index contributed by atoms with van der Waals surface area (Å²) >= 11 is 0. The number of nitrogens with one attached hydrogen (secondary N) is 2. The van der Waals surface area contributed by atoms with Crippen molar-refractivity contribution in [2.24, 2.45) is 5.92 Å². The van der Waals surface area contributed by atoms with Gasteiger partial charge in [-0.2, -0.15) is 0 Å². The van der Waals surface area contributed by atoms with E-state index < -0.39 is 42.1 Å². The van der Waals surface area contributed by atoms with Crippen molar-refractivity contribution in [3.8, 4) is 11.1 Å². The molecule has 4 atom stereocenters. The monoisotopic (exact) mass is 558 g/mol. The number of ether oxygens (including phenoxy) is 3. The van der Waals surface area contributed by atoms with Crippen molar-refractivity contribution in [3.05, 3.63) is 95.6 Å². The second-order valence-electron chi connectivity index (χ2n) is 10.4. The predicted molar refractivity (Wildman–Crippen MR) is 151 cm³/mol. The molecule has 0 spiro atoms. The Morgan fingerprint density at radius 2 is 1.59 bits per heavy atom. The SMILES string of the molecule is C[C@H](OCc1ccccc1)[C@@H](NC(=O)OCC1c2ccccc2-c2ccccc21)C(=O)NC[C@H]1C[C@@H](C(=O)O)CO1. The van der Waals surface area contributed by atoms with Gasteiger partial charge in [-0.1, -0.05) is 78.9 Å². The number of hydrogen-bond acceptors (Lipinski definition) is 6. The van der Waals surface area contributed by atoms with Crippen LogP contribution in [0.1, 0.15) is 36.0 Å². The molecule has 2 amide bonds. The van der Waals surface area contributed by atoms with Gasteiger partial charge in [-0.15, -0.1) is 0 Å². The van der Waals surface area contributed by atoms with Crippen molar-refractivity contribution >= 4 is 18.0 Å². The number of benzene rings is 3. The van der Waals surface area contributed by atoms with E-state index in [1.165, 1.54) is 0 Å². The molecule has 0 radical (unpaired) electrons. The summed E-state index contributed by atoms with van der Waals surface area (Å²) in [5.74, 6) is -2.10. The summed E-state index contributed by atoms with van der Waals surface area (Å²) in [4.78, 5) is 37.5. The lowest BCUT2D eigenvalue weighted by Crippen LogP contribution is -2.54. The van der Waals surface area contributed by atoms with Crippen molar-refractivity contribution in [1.82, 2.24) is 10.6 Å². The van der Waals surface area contributed by atoms with Crippen molar-refractivity contribution in [2.75, 3.05) is 19.8 Å². The molecular formula is C32H34N2O7. The van der Waals surface area contributed by atoms with Crippen molar-refractivity contribution in [3.63, 3.8) is 0 Å². The Kier molecular flexibility index (Phi) is 8.96. The van der Waals surface area contributed by atoms with Gasteiger partial charge in [-0.3, -0.25) is 9.59 Å². The molecule has 3 aromatic carbocycles. The molecule has 9 heteroatoms. The molecule has 214 valence electrons. The largest absolute Gasteiger partial charge is 0.481 e. The molecule has 1 heterocycles. The molecule has 9 nitrogen and oxygen atoms in total. The van der Waals surface area contributed by atoms with Crippen LogP contribution in [0, 0.1) is 5.92 Å². The number of alkyl carbamates (subject to hydrolysis) is 1. The lowest BCUT2D eigenvalue weighted by Gasteiger charge is -2.25. The first kappa shape index (κ1) is 28.3. The van der Waals surface area contributed by atoms with Gasteiger partial charge in [-0.25, -0.2) is 4.79 Å². The average molecular weight is 559 g/mol. The molecule has 0 unspecified atom stereocenters. The van der Waals surface area contributed by atoms with Gasteiger partial charge >= 0.3 is 12.1 Å². The van der Waals surface area contributed by atoms with Crippen LogP contribution in [0.4, 0.5) is 4.79 Å². The fraction of sp³-hybridized carbons (Fsp3) is 0.344. The number of amides is 2. The standard InChI is InChI=1S/C32H34N2O7/c1-20(39-17-21-9-3-2-4-10-21)29(30(35)33-16-23-15-22(18-40-23)31(36)37)34-32(38)41-19-28-26-13-7-5-11-24(26)25-12-6-8-14-27(25)28/h2-14,20,22-23,28-29H,15-19H2,1H3,(H,33,35)(H,34,38)(H,36,37)/t20-,22+,23+,29+/m0/s1. The number of fused-ring (bicyclic) bond motifs is 3. The molecule has 1 aliphatic heterocycles. The van der Waals surface area contributed by atoms with Gasteiger partial charge in [-0.05, 0) is 41.2 Å². The topological polar surface area (TPSA) is 123 Å². The molecule has 3 aromatic rings. The summed E-state index contributed by atoms with van der Waals surface area (Å²) in [5, 5.41) is 14.7. The molecule has 1 aliphatic carbocycles. The fourth-order valence-corrected chi connectivity index (χ4v) is 5.41. The van der Waals surface area contributed by atoms with E-state index in [1.807, 2.05) is 66.7 Å². The first-order chi connectivity index (χ1) is 19.9. The van der Waals surface area contributed by atoms with Crippen LogP contribution in [0.25, 0.3) is 11.1 Å². The zero-order valence-electron chi connectivity index (χ0n) is 22.8. The maximum Gasteiger partial charge on any atom is 0.407 e. The van der Waals surface area contributed by atoms with Gasteiger partial charge in [0.25, 0.3) is 0 Å². The maximum atomic E-state index is 13.3. The molecule has 3 N–H and O–H groups in total. The lowest BCUT2D eigenvalue weighted by atomic mass is 9.98. The van der Waals surface area contributed by atoms with Gasteiger partial charge in [0.1, 0.15) is 12.6 Å². The molecule has 2 aliphatic rings. The third kappa shape index (κ3) is 6.75. The molecule has 0 aromatic heterocycles. The van der Waals surface area contributed by atoms with Crippen LogP contribution in [0.15, 0.2) is 78.9 Å². The van der Waals surface area contributed by atoms with E-state index in [1.54, 1.807) is 6.92 Å². The Morgan fingerprint density at radius 1 is 0.951 bits per heavy atom.